The average Bonchev–Trinajstić information content (AvgIpc) is 2.49. The summed E-state index contributed by atoms with van der Waals surface area (Å²) < 4.78 is 38.1. The molecule has 0 fully saturated rings. The van der Waals surface area contributed by atoms with Crippen LogP contribution in [0.5, 0.6) is 0 Å². The number of amides is 2. The normalized spacial score (nSPS) is 14.4. The van der Waals surface area contributed by atoms with Gasteiger partial charge in [-0.3, -0.25) is 9.59 Å². The van der Waals surface area contributed by atoms with E-state index in [1.165, 1.54) is 0 Å². The van der Waals surface area contributed by atoms with Crippen LogP contribution in [0.1, 0.15) is 31.4 Å². The van der Waals surface area contributed by atoms with Gasteiger partial charge in [-0.25, -0.2) is 0 Å². The van der Waals surface area contributed by atoms with Crippen molar-refractivity contribution in [1.82, 2.24) is 5.32 Å². The zero-order valence-corrected chi connectivity index (χ0v) is 13.9. The predicted molar refractivity (Wildman–Crippen MR) is 86.1 cm³/mol. The van der Waals surface area contributed by atoms with Crippen molar-refractivity contribution in [1.29, 1.82) is 0 Å². The van der Waals surface area contributed by atoms with Crippen molar-refractivity contribution in [3.05, 3.63) is 40.4 Å². The first kappa shape index (κ1) is 20.0. The molecular formula is C16H18ClF3N2O2. The summed E-state index contributed by atoms with van der Waals surface area (Å²) in [5, 5.41) is 2.51. The summed E-state index contributed by atoms with van der Waals surface area (Å²) >= 11 is 5.83. The topological polar surface area (TPSA) is 72.2 Å². The smallest absolute Gasteiger partial charge is 0.368 e. The van der Waals surface area contributed by atoms with Crippen LogP contribution in [0, 0.1) is 5.92 Å². The van der Waals surface area contributed by atoms with Crippen molar-refractivity contribution >= 4 is 29.5 Å². The van der Waals surface area contributed by atoms with Crippen LogP contribution in [0.3, 0.4) is 0 Å². The van der Waals surface area contributed by atoms with Crippen LogP contribution in [0.4, 0.5) is 13.2 Å². The van der Waals surface area contributed by atoms with Gasteiger partial charge < -0.3 is 11.1 Å². The van der Waals surface area contributed by atoms with Gasteiger partial charge in [-0.05, 0) is 35.8 Å². The highest BCUT2D eigenvalue weighted by Crippen LogP contribution is 2.32. The van der Waals surface area contributed by atoms with Crippen LogP contribution in [0.2, 0.25) is 5.02 Å². The van der Waals surface area contributed by atoms with Gasteiger partial charge >= 0.3 is 6.18 Å². The molecule has 24 heavy (non-hydrogen) atoms. The monoisotopic (exact) mass is 362 g/mol. The second-order valence-electron chi connectivity index (χ2n) is 5.34. The Morgan fingerprint density at radius 2 is 2.00 bits per heavy atom. The largest absolute Gasteiger partial charge is 0.416 e. The summed E-state index contributed by atoms with van der Waals surface area (Å²) in [7, 11) is 0. The summed E-state index contributed by atoms with van der Waals surface area (Å²) in [5.41, 5.74) is 4.41. The number of nitrogens with two attached hydrogens (primary N) is 1. The van der Waals surface area contributed by atoms with Crippen molar-refractivity contribution in [2.24, 2.45) is 11.7 Å². The Labute approximate surface area is 142 Å². The molecule has 132 valence electrons. The number of benzene rings is 1. The molecule has 0 saturated heterocycles. The second-order valence-corrected chi connectivity index (χ2v) is 5.75. The van der Waals surface area contributed by atoms with Crippen LogP contribution in [0.15, 0.2) is 24.3 Å². The molecule has 4 nitrogen and oxygen atoms in total. The van der Waals surface area contributed by atoms with E-state index in [-0.39, 0.29) is 16.5 Å². The number of alkyl halides is 3. The first-order valence-corrected chi connectivity index (χ1v) is 7.58. The third-order valence-electron chi connectivity index (χ3n) is 3.55. The van der Waals surface area contributed by atoms with Crippen molar-refractivity contribution in [2.75, 3.05) is 0 Å². The van der Waals surface area contributed by atoms with E-state index in [0.29, 0.717) is 6.42 Å². The summed E-state index contributed by atoms with van der Waals surface area (Å²) in [6.45, 7) is 3.59. The molecule has 0 aromatic heterocycles. The zero-order valence-electron chi connectivity index (χ0n) is 13.2. The molecule has 0 heterocycles. The predicted octanol–water partition coefficient (Wildman–Crippen LogP) is 3.39. The molecule has 0 aliphatic heterocycles. The molecule has 0 aliphatic carbocycles. The number of rotatable bonds is 6. The molecule has 0 spiro atoms. The maximum absolute atomic E-state index is 12.7. The summed E-state index contributed by atoms with van der Waals surface area (Å²) in [6.07, 6.45) is -1.72. The highest BCUT2D eigenvalue weighted by atomic mass is 35.5. The minimum atomic E-state index is -4.51. The van der Waals surface area contributed by atoms with E-state index >= 15 is 0 Å². The van der Waals surface area contributed by atoms with Crippen molar-refractivity contribution in [2.45, 2.75) is 32.5 Å². The van der Waals surface area contributed by atoms with Gasteiger partial charge in [0.05, 0.1) is 5.56 Å². The number of halogens is 4. The third-order valence-corrected chi connectivity index (χ3v) is 3.90. The van der Waals surface area contributed by atoms with Crippen molar-refractivity contribution in [3.8, 4) is 0 Å². The van der Waals surface area contributed by atoms with Crippen LogP contribution in [-0.4, -0.2) is 17.9 Å². The third kappa shape index (κ3) is 5.56. The molecule has 0 saturated carbocycles. The molecule has 0 bridgehead atoms. The summed E-state index contributed by atoms with van der Waals surface area (Å²) in [4.78, 5) is 23.2. The first-order valence-electron chi connectivity index (χ1n) is 7.20. The van der Waals surface area contributed by atoms with E-state index in [0.717, 1.165) is 30.4 Å². The fourth-order valence-electron chi connectivity index (χ4n) is 1.94. The van der Waals surface area contributed by atoms with E-state index in [9.17, 15) is 22.8 Å². The van der Waals surface area contributed by atoms with Crippen LogP contribution in [0.25, 0.3) is 6.08 Å². The highest BCUT2D eigenvalue weighted by molar-refractivity contribution is 6.32. The summed E-state index contributed by atoms with van der Waals surface area (Å²) in [5.74, 6) is -1.49. The van der Waals surface area contributed by atoms with Gasteiger partial charge in [0, 0.05) is 11.1 Å². The van der Waals surface area contributed by atoms with E-state index < -0.39 is 29.6 Å². The van der Waals surface area contributed by atoms with E-state index in [4.69, 9.17) is 17.3 Å². The van der Waals surface area contributed by atoms with Gasteiger partial charge in [-0.1, -0.05) is 31.9 Å². The van der Waals surface area contributed by atoms with Crippen molar-refractivity contribution < 1.29 is 22.8 Å². The lowest BCUT2D eigenvalue weighted by Crippen LogP contribution is -2.47. The Bertz CT molecular complexity index is 645. The maximum Gasteiger partial charge on any atom is 0.416 e. The fraction of sp³-hybridized carbons (Fsp3) is 0.375. The number of carbonyl (C=O) groups excluding carboxylic acids is 2. The minimum absolute atomic E-state index is 0.0424. The van der Waals surface area contributed by atoms with Gasteiger partial charge in [0.2, 0.25) is 11.8 Å². The number of hydrogen-bond acceptors (Lipinski definition) is 2. The number of hydrogen-bond donors (Lipinski definition) is 2. The minimum Gasteiger partial charge on any atom is -0.368 e. The van der Waals surface area contributed by atoms with E-state index in [2.05, 4.69) is 5.32 Å². The zero-order chi connectivity index (χ0) is 18.5. The Balaban J connectivity index is 2.92. The van der Waals surface area contributed by atoms with Gasteiger partial charge in [-0.2, -0.15) is 13.2 Å². The lowest BCUT2D eigenvalue weighted by Gasteiger charge is -2.20. The summed E-state index contributed by atoms with van der Waals surface area (Å²) in [6, 6.07) is 1.94. The maximum atomic E-state index is 12.7. The molecule has 1 aromatic carbocycles. The molecule has 8 heteroatoms. The molecule has 1 aromatic rings. The quantitative estimate of drug-likeness (QED) is 0.761. The highest BCUT2D eigenvalue weighted by Gasteiger charge is 2.30. The standard InChI is InChI=1S/C16H18ClF3N2O2/c1-3-9(2)14(15(21)24)22-13(23)7-4-10-8-11(16(18,19)20)5-6-12(10)17/h4-9,14H,3H2,1-2H3,(H2,21,24)(H,22,23). The number of carbonyl (C=O) groups is 2. The fourth-order valence-corrected chi connectivity index (χ4v) is 2.12. The van der Waals surface area contributed by atoms with Gasteiger partial charge in [0.15, 0.2) is 0 Å². The Kier molecular flexibility index (Phi) is 6.83. The van der Waals surface area contributed by atoms with Crippen molar-refractivity contribution in [3.63, 3.8) is 0 Å². The SMILES string of the molecule is CCC(C)C(NC(=O)C=Cc1cc(C(F)(F)F)ccc1Cl)C(N)=O. The lowest BCUT2D eigenvalue weighted by molar-refractivity contribution is -0.137. The molecule has 0 aliphatic rings. The van der Waals surface area contributed by atoms with Gasteiger partial charge in [0.25, 0.3) is 0 Å². The molecule has 2 atom stereocenters. The Morgan fingerprint density at radius 3 is 2.50 bits per heavy atom. The van der Waals surface area contributed by atoms with E-state index in [1.54, 1.807) is 6.92 Å². The second kappa shape index (κ2) is 8.19. The molecular weight excluding hydrogens is 345 g/mol. The molecule has 1 rings (SSSR count). The molecule has 2 amide bonds. The van der Waals surface area contributed by atoms with Crippen LogP contribution in [-0.2, 0) is 15.8 Å². The first-order chi connectivity index (χ1) is 11.1. The average molecular weight is 363 g/mol. The van der Waals surface area contributed by atoms with Gasteiger partial charge in [0.1, 0.15) is 6.04 Å². The van der Waals surface area contributed by atoms with Crippen LogP contribution >= 0.6 is 11.6 Å². The Morgan fingerprint density at radius 1 is 1.38 bits per heavy atom. The van der Waals surface area contributed by atoms with E-state index in [1.807, 2.05) is 6.92 Å². The number of primary amides is 1. The Hall–Kier alpha value is -2.02. The molecule has 0 radical (unpaired) electrons. The number of nitrogens with one attached hydrogen (secondary N) is 1. The van der Waals surface area contributed by atoms with Crippen LogP contribution < -0.4 is 11.1 Å². The van der Waals surface area contributed by atoms with Gasteiger partial charge in [-0.15, -0.1) is 0 Å². The molecule has 3 N–H and O–H groups in total. The lowest BCUT2D eigenvalue weighted by atomic mass is 9.98. The molecule has 2 unspecified atom stereocenters.